The summed E-state index contributed by atoms with van der Waals surface area (Å²) in [6, 6.07) is 21.7. The van der Waals surface area contributed by atoms with Crippen LogP contribution in [-0.4, -0.2) is 28.5 Å². The molecule has 3 rings (SSSR count). The maximum absolute atomic E-state index is 12.7. The molecule has 0 heterocycles. The van der Waals surface area contributed by atoms with Gasteiger partial charge in [0.2, 0.25) is 0 Å². The standard InChI is InChI=1S/C22H21NO5S/c1-23(29(25,26)21-6-4-3-5-7-21)18-10-14-20(15-11-18)28-22(24)16-17-8-12-19(27-2)13-9-17/h3-15H,16H2,1-2H3. The minimum atomic E-state index is -3.66. The Kier molecular flexibility index (Phi) is 6.19. The van der Waals surface area contributed by atoms with E-state index in [1.165, 1.54) is 11.4 Å². The van der Waals surface area contributed by atoms with Crippen molar-refractivity contribution in [2.45, 2.75) is 11.3 Å². The Morgan fingerprint density at radius 1 is 0.862 bits per heavy atom. The van der Waals surface area contributed by atoms with Gasteiger partial charge in [0, 0.05) is 7.05 Å². The lowest BCUT2D eigenvalue weighted by molar-refractivity contribution is -0.133. The van der Waals surface area contributed by atoms with Crippen LogP contribution >= 0.6 is 0 Å². The molecule has 0 aliphatic heterocycles. The summed E-state index contributed by atoms with van der Waals surface area (Å²) >= 11 is 0. The van der Waals surface area contributed by atoms with E-state index in [0.717, 1.165) is 5.56 Å². The second-order valence-corrected chi connectivity index (χ2v) is 8.25. The molecule has 0 amide bonds. The van der Waals surface area contributed by atoms with Gasteiger partial charge in [-0.2, -0.15) is 0 Å². The minimum Gasteiger partial charge on any atom is -0.497 e. The highest BCUT2D eigenvalue weighted by molar-refractivity contribution is 7.92. The number of anilines is 1. The van der Waals surface area contributed by atoms with Crippen molar-refractivity contribution in [3.8, 4) is 11.5 Å². The molecule has 0 spiro atoms. The third-order valence-electron chi connectivity index (χ3n) is 4.34. The molecule has 3 aromatic carbocycles. The van der Waals surface area contributed by atoms with Gasteiger partial charge in [-0.1, -0.05) is 30.3 Å². The van der Waals surface area contributed by atoms with Crippen molar-refractivity contribution in [3.63, 3.8) is 0 Å². The van der Waals surface area contributed by atoms with Crippen molar-refractivity contribution in [2.75, 3.05) is 18.5 Å². The highest BCUT2D eigenvalue weighted by Gasteiger charge is 2.21. The molecule has 0 unspecified atom stereocenters. The number of hydrogen-bond donors (Lipinski definition) is 0. The van der Waals surface area contributed by atoms with Crippen LogP contribution < -0.4 is 13.8 Å². The predicted octanol–water partition coefficient (Wildman–Crippen LogP) is 3.67. The van der Waals surface area contributed by atoms with Gasteiger partial charge in [0.25, 0.3) is 10.0 Å². The molecular weight excluding hydrogens is 390 g/mol. The van der Waals surface area contributed by atoms with Crippen molar-refractivity contribution in [1.82, 2.24) is 0 Å². The van der Waals surface area contributed by atoms with Crippen molar-refractivity contribution in [2.24, 2.45) is 0 Å². The zero-order valence-corrected chi connectivity index (χ0v) is 16.9. The Morgan fingerprint density at radius 2 is 1.45 bits per heavy atom. The average molecular weight is 411 g/mol. The largest absolute Gasteiger partial charge is 0.497 e. The molecule has 3 aromatic rings. The zero-order valence-electron chi connectivity index (χ0n) is 16.1. The Morgan fingerprint density at radius 3 is 2.03 bits per heavy atom. The first-order valence-corrected chi connectivity index (χ1v) is 10.3. The summed E-state index contributed by atoms with van der Waals surface area (Å²) in [6.07, 6.45) is 0.119. The smallest absolute Gasteiger partial charge is 0.315 e. The van der Waals surface area contributed by atoms with E-state index in [1.807, 2.05) is 0 Å². The van der Waals surface area contributed by atoms with E-state index in [9.17, 15) is 13.2 Å². The summed E-state index contributed by atoms with van der Waals surface area (Å²) in [5, 5.41) is 0. The Hall–Kier alpha value is -3.32. The van der Waals surface area contributed by atoms with Crippen molar-refractivity contribution >= 4 is 21.7 Å². The Bertz CT molecular complexity index is 1060. The number of rotatable bonds is 7. The van der Waals surface area contributed by atoms with Crippen molar-refractivity contribution < 1.29 is 22.7 Å². The fraction of sp³-hybridized carbons (Fsp3) is 0.136. The van der Waals surface area contributed by atoms with Gasteiger partial charge < -0.3 is 9.47 Å². The van der Waals surface area contributed by atoms with Crippen LogP contribution in [0.5, 0.6) is 11.5 Å². The van der Waals surface area contributed by atoms with E-state index >= 15 is 0 Å². The first kappa shape index (κ1) is 20.4. The van der Waals surface area contributed by atoms with Crippen LogP contribution in [-0.2, 0) is 21.2 Å². The fourth-order valence-corrected chi connectivity index (χ4v) is 3.91. The van der Waals surface area contributed by atoms with Crippen LogP contribution in [0.25, 0.3) is 0 Å². The quantitative estimate of drug-likeness (QED) is 0.438. The van der Waals surface area contributed by atoms with Gasteiger partial charge >= 0.3 is 5.97 Å². The molecular formula is C22H21NO5S. The van der Waals surface area contributed by atoms with Crippen LogP contribution in [0.15, 0.2) is 83.8 Å². The van der Waals surface area contributed by atoms with E-state index < -0.39 is 16.0 Å². The van der Waals surface area contributed by atoms with Gasteiger partial charge in [-0.25, -0.2) is 8.42 Å². The topological polar surface area (TPSA) is 72.9 Å². The molecule has 29 heavy (non-hydrogen) atoms. The predicted molar refractivity (Wildman–Crippen MR) is 111 cm³/mol. The van der Waals surface area contributed by atoms with E-state index in [-0.39, 0.29) is 11.3 Å². The normalized spacial score (nSPS) is 11.0. The molecule has 150 valence electrons. The zero-order chi connectivity index (χ0) is 20.9. The first-order valence-electron chi connectivity index (χ1n) is 8.88. The summed E-state index contributed by atoms with van der Waals surface area (Å²) in [6.45, 7) is 0. The minimum absolute atomic E-state index is 0.119. The number of hydrogen-bond acceptors (Lipinski definition) is 5. The van der Waals surface area contributed by atoms with Gasteiger partial charge in [0.15, 0.2) is 0 Å². The van der Waals surface area contributed by atoms with Gasteiger partial charge in [-0.05, 0) is 54.1 Å². The molecule has 0 bridgehead atoms. The monoisotopic (exact) mass is 411 g/mol. The molecule has 0 N–H and O–H groups in total. The number of nitrogens with zero attached hydrogens (tertiary/aromatic N) is 1. The molecule has 0 aliphatic carbocycles. The van der Waals surface area contributed by atoms with Gasteiger partial charge in [0.05, 0.1) is 24.1 Å². The lowest BCUT2D eigenvalue weighted by Crippen LogP contribution is -2.26. The second-order valence-electron chi connectivity index (χ2n) is 6.28. The lowest BCUT2D eigenvalue weighted by atomic mass is 10.1. The lowest BCUT2D eigenvalue weighted by Gasteiger charge is -2.19. The molecule has 0 aliphatic rings. The van der Waals surface area contributed by atoms with Gasteiger partial charge in [0.1, 0.15) is 11.5 Å². The van der Waals surface area contributed by atoms with E-state index in [0.29, 0.717) is 17.2 Å². The molecule has 0 saturated carbocycles. The number of carbonyl (C=O) groups excluding carboxylic acids is 1. The highest BCUT2D eigenvalue weighted by Crippen LogP contribution is 2.24. The van der Waals surface area contributed by atoms with Gasteiger partial charge in [-0.3, -0.25) is 9.10 Å². The SMILES string of the molecule is COc1ccc(CC(=O)Oc2ccc(N(C)S(=O)(=O)c3ccccc3)cc2)cc1. The van der Waals surface area contributed by atoms with Crippen LogP contribution in [0, 0.1) is 0 Å². The Labute approximate surface area is 170 Å². The highest BCUT2D eigenvalue weighted by atomic mass is 32.2. The van der Waals surface area contributed by atoms with Crippen molar-refractivity contribution in [1.29, 1.82) is 0 Å². The fourth-order valence-electron chi connectivity index (χ4n) is 2.69. The van der Waals surface area contributed by atoms with Crippen LogP contribution in [0.1, 0.15) is 5.56 Å². The molecule has 7 heteroatoms. The number of benzene rings is 3. The van der Waals surface area contributed by atoms with Crippen LogP contribution in [0.4, 0.5) is 5.69 Å². The molecule has 6 nitrogen and oxygen atoms in total. The van der Waals surface area contributed by atoms with Crippen LogP contribution in [0.2, 0.25) is 0 Å². The average Bonchev–Trinajstić information content (AvgIpc) is 2.75. The summed E-state index contributed by atoms with van der Waals surface area (Å²) < 4.78 is 37.0. The number of sulfonamides is 1. The summed E-state index contributed by atoms with van der Waals surface area (Å²) in [5.74, 6) is 0.651. The number of ether oxygens (including phenoxy) is 2. The molecule has 0 saturated heterocycles. The molecule has 0 atom stereocenters. The van der Waals surface area contributed by atoms with E-state index in [2.05, 4.69) is 0 Å². The van der Waals surface area contributed by atoms with E-state index in [4.69, 9.17) is 9.47 Å². The van der Waals surface area contributed by atoms with Crippen LogP contribution in [0.3, 0.4) is 0 Å². The summed E-state index contributed by atoms with van der Waals surface area (Å²) in [5.41, 5.74) is 1.27. The van der Waals surface area contributed by atoms with E-state index in [1.54, 1.807) is 86.0 Å². The Balaban J connectivity index is 1.65. The second kappa shape index (κ2) is 8.79. The third kappa shape index (κ3) is 4.94. The number of methoxy groups -OCH3 is 1. The number of esters is 1. The molecule has 0 aromatic heterocycles. The maximum atomic E-state index is 12.7. The van der Waals surface area contributed by atoms with Crippen molar-refractivity contribution in [3.05, 3.63) is 84.4 Å². The maximum Gasteiger partial charge on any atom is 0.315 e. The summed E-state index contributed by atoms with van der Waals surface area (Å²) in [7, 11) is -0.601. The number of carbonyl (C=O) groups is 1. The molecule has 0 radical (unpaired) electrons. The summed E-state index contributed by atoms with van der Waals surface area (Å²) in [4.78, 5) is 12.3. The first-order chi connectivity index (χ1) is 13.9. The molecule has 0 fully saturated rings. The van der Waals surface area contributed by atoms with Gasteiger partial charge in [-0.15, -0.1) is 0 Å². The third-order valence-corrected chi connectivity index (χ3v) is 6.14.